The molecule has 1 fully saturated rings. The Morgan fingerprint density at radius 2 is 2.00 bits per heavy atom. The Morgan fingerprint density at radius 3 is 2.40 bits per heavy atom. The second kappa shape index (κ2) is 2.59. The SMILES string of the molecule is CC1(C#N)CCC(N)CC1. The third-order valence-corrected chi connectivity index (χ3v) is 2.40. The van der Waals surface area contributed by atoms with E-state index in [-0.39, 0.29) is 5.41 Å². The highest BCUT2D eigenvalue weighted by Crippen LogP contribution is 2.34. The standard InChI is InChI=1S/C8H14N2/c1-8(6-9)4-2-7(10)3-5-8/h7H,2-5,10H2,1H3. The minimum Gasteiger partial charge on any atom is -0.328 e. The lowest BCUT2D eigenvalue weighted by Gasteiger charge is -2.29. The summed E-state index contributed by atoms with van der Waals surface area (Å²) in [6.45, 7) is 2.03. The summed E-state index contributed by atoms with van der Waals surface area (Å²) in [5.74, 6) is 0. The van der Waals surface area contributed by atoms with Crippen molar-refractivity contribution in [1.82, 2.24) is 0 Å². The van der Waals surface area contributed by atoms with E-state index in [9.17, 15) is 0 Å². The predicted octanol–water partition coefficient (Wildman–Crippen LogP) is 1.42. The Morgan fingerprint density at radius 1 is 1.50 bits per heavy atom. The van der Waals surface area contributed by atoms with E-state index in [1.165, 1.54) is 0 Å². The zero-order chi connectivity index (χ0) is 7.61. The summed E-state index contributed by atoms with van der Waals surface area (Å²) in [4.78, 5) is 0. The van der Waals surface area contributed by atoms with Gasteiger partial charge in [-0.05, 0) is 32.6 Å². The van der Waals surface area contributed by atoms with Gasteiger partial charge < -0.3 is 5.73 Å². The average Bonchev–Trinajstić information content (AvgIpc) is 1.96. The maximum Gasteiger partial charge on any atom is 0.0686 e. The molecule has 0 amide bonds. The van der Waals surface area contributed by atoms with Crippen LogP contribution in [0.1, 0.15) is 32.6 Å². The van der Waals surface area contributed by atoms with Crippen molar-refractivity contribution < 1.29 is 0 Å². The lowest BCUT2D eigenvalue weighted by atomic mass is 9.75. The second-order valence-electron chi connectivity index (χ2n) is 3.51. The first-order valence-electron chi connectivity index (χ1n) is 3.83. The van der Waals surface area contributed by atoms with Crippen LogP contribution in [0.25, 0.3) is 0 Å². The molecule has 0 aromatic carbocycles. The smallest absolute Gasteiger partial charge is 0.0686 e. The normalized spacial score (nSPS) is 40.7. The Balaban J connectivity index is 2.48. The van der Waals surface area contributed by atoms with Gasteiger partial charge in [0.05, 0.1) is 11.5 Å². The zero-order valence-electron chi connectivity index (χ0n) is 6.43. The van der Waals surface area contributed by atoms with E-state index < -0.39 is 0 Å². The summed E-state index contributed by atoms with van der Waals surface area (Å²) in [6.07, 6.45) is 3.99. The summed E-state index contributed by atoms with van der Waals surface area (Å²) < 4.78 is 0. The molecular weight excluding hydrogens is 124 g/mol. The highest BCUT2D eigenvalue weighted by atomic mass is 14.6. The van der Waals surface area contributed by atoms with Crippen LogP contribution in [0, 0.1) is 16.7 Å². The van der Waals surface area contributed by atoms with Gasteiger partial charge in [0.1, 0.15) is 0 Å². The summed E-state index contributed by atoms with van der Waals surface area (Å²) in [7, 11) is 0. The van der Waals surface area contributed by atoms with Crippen molar-refractivity contribution in [2.45, 2.75) is 38.6 Å². The van der Waals surface area contributed by atoms with Crippen LogP contribution < -0.4 is 5.73 Å². The maximum atomic E-state index is 8.75. The molecule has 0 unspecified atom stereocenters. The van der Waals surface area contributed by atoms with Gasteiger partial charge in [-0.3, -0.25) is 0 Å². The molecule has 0 spiro atoms. The molecule has 2 N–H and O–H groups in total. The van der Waals surface area contributed by atoms with Gasteiger partial charge in [0, 0.05) is 6.04 Å². The van der Waals surface area contributed by atoms with Crippen molar-refractivity contribution in [2.75, 3.05) is 0 Å². The molecule has 1 rings (SSSR count). The van der Waals surface area contributed by atoms with Crippen LogP contribution >= 0.6 is 0 Å². The number of nitrogens with zero attached hydrogens (tertiary/aromatic N) is 1. The first-order chi connectivity index (χ1) is 4.66. The van der Waals surface area contributed by atoms with Gasteiger partial charge in [0.15, 0.2) is 0 Å². The van der Waals surface area contributed by atoms with E-state index in [4.69, 9.17) is 11.0 Å². The minimum absolute atomic E-state index is 0.0735. The first-order valence-corrected chi connectivity index (χ1v) is 3.83. The van der Waals surface area contributed by atoms with Crippen molar-refractivity contribution >= 4 is 0 Å². The Hall–Kier alpha value is -0.550. The topological polar surface area (TPSA) is 49.8 Å². The summed E-state index contributed by atoms with van der Waals surface area (Å²) in [5.41, 5.74) is 5.63. The quantitative estimate of drug-likeness (QED) is 0.550. The molecule has 1 aliphatic carbocycles. The van der Waals surface area contributed by atoms with Crippen LogP contribution in [0.4, 0.5) is 0 Å². The van der Waals surface area contributed by atoms with E-state index in [0.717, 1.165) is 25.7 Å². The van der Waals surface area contributed by atoms with Gasteiger partial charge in [-0.1, -0.05) is 0 Å². The van der Waals surface area contributed by atoms with Crippen LogP contribution in [0.3, 0.4) is 0 Å². The van der Waals surface area contributed by atoms with Crippen LogP contribution in [0.5, 0.6) is 0 Å². The number of hydrogen-bond acceptors (Lipinski definition) is 2. The molecule has 0 heterocycles. The largest absolute Gasteiger partial charge is 0.328 e. The van der Waals surface area contributed by atoms with Gasteiger partial charge in [0.2, 0.25) is 0 Å². The minimum atomic E-state index is -0.0735. The molecular formula is C8H14N2. The Kier molecular flexibility index (Phi) is 1.96. The van der Waals surface area contributed by atoms with Crippen LogP contribution in [0.2, 0.25) is 0 Å². The average molecular weight is 138 g/mol. The molecule has 1 saturated carbocycles. The lowest BCUT2D eigenvalue weighted by Crippen LogP contribution is -2.31. The van der Waals surface area contributed by atoms with Gasteiger partial charge in [-0.2, -0.15) is 5.26 Å². The third-order valence-electron chi connectivity index (χ3n) is 2.40. The van der Waals surface area contributed by atoms with Gasteiger partial charge in [-0.15, -0.1) is 0 Å². The highest BCUT2D eigenvalue weighted by Gasteiger charge is 2.29. The van der Waals surface area contributed by atoms with Crippen molar-refractivity contribution in [3.63, 3.8) is 0 Å². The van der Waals surface area contributed by atoms with E-state index in [1.54, 1.807) is 0 Å². The van der Waals surface area contributed by atoms with Crippen molar-refractivity contribution in [1.29, 1.82) is 5.26 Å². The molecule has 10 heavy (non-hydrogen) atoms. The van der Waals surface area contributed by atoms with Crippen LogP contribution in [-0.4, -0.2) is 6.04 Å². The molecule has 1 aliphatic rings. The van der Waals surface area contributed by atoms with Crippen LogP contribution in [0.15, 0.2) is 0 Å². The maximum absolute atomic E-state index is 8.75. The number of nitrogens with two attached hydrogens (primary N) is 1. The molecule has 0 aromatic heterocycles. The fraction of sp³-hybridized carbons (Fsp3) is 0.875. The van der Waals surface area contributed by atoms with E-state index in [0.29, 0.717) is 6.04 Å². The zero-order valence-corrected chi connectivity index (χ0v) is 6.43. The van der Waals surface area contributed by atoms with Crippen LogP contribution in [-0.2, 0) is 0 Å². The molecule has 0 saturated heterocycles. The van der Waals surface area contributed by atoms with Crippen molar-refractivity contribution in [2.24, 2.45) is 11.1 Å². The molecule has 0 bridgehead atoms. The monoisotopic (exact) mass is 138 g/mol. The molecule has 0 aliphatic heterocycles. The number of rotatable bonds is 0. The van der Waals surface area contributed by atoms with Gasteiger partial charge >= 0.3 is 0 Å². The molecule has 0 atom stereocenters. The summed E-state index contributed by atoms with van der Waals surface area (Å²) in [5, 5.41) is 8.75. The first kappa shape index (κ1) is 7.56. The van der Waals surface area contributed by atoms with E-state index >= 15 is 0 Å². The van der Waals surface area contributed by atoms with Gasteiger partial charge in [-0.25, -0.2) is 0 Å². The molecule has 2 nitrogen and oxygen atoms in total. The second-order valence-corrected chi connectivity index (χ2v) is 3.51. The lowest BCUT2D eigenvalue weighted by molar-refractivity contribution is 0.271. The van der Waals surface area contributed by atoms with Gasteiger partial charge in [0.25, 0.3) is 0 Å². The summed E-state index contributed by atoms with van der Waals surface area (Å²) >= 11 is 0. The van der Waals surface area contributed by atoms with E-state index in [1.807, 2.05) is 6.92 Å². The molecule has 2 heteroatoms. The predicted molar refractivity (Wildman–Crippen MR) is 40.2 cm³/mol. The molecule has 0 aromatic rings. The number of hydrogen-bond donors (Lipinski definition) is 1. The van der Waals surface area contributed by atoms with Crippen molar-refractivity contribution in [3.05, 3.63) is 0 Å². The fourth-order valence-electron chi connectivity index (χ4n) is 1.39. The molecule has 0 radical (unpaired) electrons. The fourth-order valence-corrected chi connectivity index (χ4v) is 1.39. The Bertz CT molecular complexity index is 149. The summed E-state index contributed by atoms with van der Waals surface area (Å²) in [6, 6.07) is 2.69. The number of nitriles is 1. The Labute approximate surface area is 62.0 Å². The third kappa shape index (κ3) is 1.48. The molecule has 56 valence electrons. The van der Waals surface area contributed by atoms with Crippen molar-refractivity contribution in [3.8, 4) is 6.07 Å². The van der Waals surface area contributed by atoms with E-state index in [2.05, 4.69) is 6.07 Å². The highest BCUT2D eigenvalue weighted by molar-refractivity contribution is 4.98.